The van der Waals surface area contributed by atoms with E-state index < -0.39 is 15.2 Å². The highest BCUT2D eigenvalue weighted by atomic mass is 32.2. The van der Waals surface area contributed by atoms with Crippen molar-refractivity contribution in [1.29, 1.82) is 5.26 Å². The lowest BCUT2D eigenvalue weighted by Gasteiger charge is -2.14. The molecule has 0 aliphatic rings. The fourth-order valence-corrected chi connectivity index (χ4v) is 5.85. The smallest absolute Gasteiger partial charge is 0.205 e. The minimum Gasteiger partial charge on any atom is -0.493 e. The number of nitrogens with zero attached hydrogens (tertiary/aromatic N) is 6. The van der Waals surface area contributed by atoms with E-state index in [1.54, 1.807) is 37.1 Å². The largest absolute Gasteiger partial charge is 0.493 e. The molecule has 0 N–H and O–H groups in total. The van der Waals surface area contributed by atoms with Crippen molar-refractivity contribution in [2.24, 2.45) is 0 Å². The van der Waals surface area contributed by atoms with Gasteiger partial charge >= 0.3 is 0 Å². The van der Waals surface area contributed by atoms with Gasteiger partial charge in [0, 0.05) is 11.8 Å². The fourth-order valence-electron chi connectivity index (χ4n) is 4.35. The molecule has 1 atom stereocenters. The van der Waals surface area contributed by atoms with Crippen LogP contribution in [-0.4, -0.2) is 47.0 Å². The maximum Gasteiger partial charge on any atom is 0.205 e. The van der Waals surface area contributed by atoms with Crippen molar-refractivity contribution in [2.45, 2.75) is 17.2 Å². The molecule has 0 aliphatic heterocycles. The Balaban J connectivity index is 1.57. The van der Waals surface area contributed by atoms with Crippen LogP contribution in [0.4, 0.5) is 0 Å². The van der Waals surface area contributed by atoms with E-state index in [4.69, 9.17) is 14.6 Å². The van der Waals surface area contributed by atoms with Crippen molar-refractivity contribution in [3.8, 4) is 40.2 Å². The van der Waals surface area contributed by atoms with E-state index in [9.17, 15) is 13.7 Å². The summed E-state index contributed by atoms with van der Waals surface area (Å²) in [5, 5.41) is 17.4. The van der Waals surface area contributed by atoms with Gasteiger partial charge in [-0.05, 0) is 61.5 Å². The average molecular weight is 541 g/mol. The molecule has 3 aromatic heterocycles. The predicted molar refractivity (Wildman–Crippen MR) is 145 cm³/mol. The fraction of sp³-hybridized carbons (Fsp3) is 0.143. The number of aromatic nitrogens is 5. The van der Waals surface area contributed by atoms with Gasteiger partial charge in [-0.15, -0.1) is 0 Å². The first-order valence-electron chi connectivity index (χ1n) is 11.8. The second-order valence-corrected chi connectivity index (χ2v) is 10.6. The minimum absolute atomic E-state index is 0.00992. The number of hydrogen-bond acceptors (Lipinski definition) is 8. The Hall–Kier alpha value is -4.95. The Morgan fingerprint density at radius 1 is 1.00 bits per heavy atom. The van der Waals surface area contributed by atoms with Gasteiger partial charge in [0.1, 0.15) is 11.4 Å². The first-order valence-corrected chi connectivity index (χ1v) is 13.4. The first kappa shape index (κ1) is 25.7. The van der Waals surface area contributed by atoms with Crippen LogP contribution < -0.4 is 9.47 Å². The Morgan fingerprint density at radius 3 is 2.51 bits per heavy atom. The number of methoxy groups -OCH3 is 2. The number of imidazole rings is 1. The summed E-state index contributed by atoms with van der Waals surface area (Å²) in [6.45, 7) is 5.57. The molecule has 39 heavy (non-hydrogen) atoms. The van der Waals surface area contributed by atoms with Gasteiger partial charge in [-0.3, -0.25) is 0 Å². The van der Waals surface area contributed by atoms with Crippen LogP contribution in [0.5, 0.6) is 11.5 Å². The van der Waals surface area contributed by atoms with Crippen LogP contribution in [0.25, 0.3) is 28.3 Å². The second-order valence-electron chi connectivity index (χ2n) is 8.60. The zero-order valence-electron chi connectivity index (χ0n) is 21.4. The number of ether oxygens (including phenoxy) is 2. The lowest BCUT2D eigenvalue weighted by molar-refractivity contribution is 0.355. The minimum atomic E-state index is -3.93. The number of nitriles is 1. The van der Waals surface area contributed by atoms with E-state index >= 15 is 0 Å². The molecule has 5 rings (SSSR count). The molecule has 10 nitrogen and oxygen atoms in total. The molecule has 2 aromatic carbocycles. The standard InChI is InChI=1S/C28H24N6O4S/c1-5-27(39(35,36)21-8-6-7-19(15-21)17-29)33-14-13-23(31-33)28-18(2)30-26-12-10-22(32-34(26)28)20-9-11-24(37-3)25(16-20)38-4/h5-16,27H,1H2,2-4H3. The highest BCUT2D eigenvalue weighted by Gasteiger charge is 2.28. The molecule has 0 aliphatic carbocycles. The van der Waals surface area contributed by atoms with Crippen LogP contribution in [0.1, 0.15) is 16.6 Å². The van der Waals surface area contributed by atoms with E-state index in [-0.39, 0.29) is 10.5 Å². The molecule has 1 unspecified atom stereocenters. The third kappa shape index (κ3) is 4.51. The van der Waals surface area contributed by atoms with Gasteiger partial charge in [-0.2, -0.15) is 15.5 Å². The third-order valence-electron chi connectivity index (χ3n) is 6.25. The summed E-state index contributed by atoms with van der Waals surface area (Å²) in [4.78, 5) is 4.62. The van der Waals surface area contributed by atoms with Crippen molar-refractivity contribution < 1.29 is 17.9 Å². The van der Waals surface area contributed by atoms with Crippen molar-refractivity contribution in [1.82, 2.24) is 24.4 Å². The molecule has 0 amide bonds. The molecular formula is C28H24N6O4S. The van der Waals surface area contributed by atoms with E-state index in [1.165, 1.54) is 29.0 Å². The molecule has 0 fully saturated rings. The highest BCUT2D eigenvalue weighted by molar-refractivity contribution is 7.91. The first-order chi connectivity index (χ1) is 18.8. The topological polar surface area (TPSA) is 124 Å². The van der Waals surface area contributed by atoms with Crippen LogP contribution >= 0.6 is 0 Å². The lowest BCUT2D eigenvalue weighted by Crippen LogP contribution is -2.19. The molecule has 0 bridgehead atoms. The maximum atomic E-state index is 13.4. The quantitative estimate of drug-likeness (QED) is 0.261. The van der Waals surface area contributed by atoms with Crippen LogP contribution in [0.3, 0.4) is 0 Å². The molecule has 0 radical (unpaired) electrons. The van der Waals surface area contributed by atoms with Crippen molar-refractivity contribution in [2.75, 3.05) is 14.2 Å². The Labute approximate surface area is 225 Å². The normalized spacial score (nSPS) is 12.2. The van der Waals surface area contributed by atoms with Crippen LogP contribution in [-0.2, 0) is 9.84 Å². The summed E-state index contributed by atoms with van der Waals surface area (Å²) in [5.74, 6) is 1.19. The Bertz CT molecular complexity index is 1870. The molecule has 11 heteroatoms. The third-order valence-corrected chi connectivity index (χ3v) is 8.21. The predicted octanol–water partition coefficient (Wildman–Crippen LogP) is 4.62. The molecular weight excluding hydrogens is 516 g/mol. The molecule has 196 valence electrons. The van der Waals surface area contributed by atoms with Crippen LogP contribution in [0, 0.1) is 18.3 Å². The monoisotopic (exact) mass is 540 g/mol. The molecule has 0 spiro atoms. The number of aryl methyl sites for hydroxylation is 1. The zero-order valence-corrected chi connectivity index (χ0v) is 22.3. The molecule has 0 saturated heterocycles. The van der Waals surface area contributed by atoms with Gasteiger partial charge in [0.05, 0.1) is 42.1 Å². The highest BCUT2D eigenvalue weighted by Crippen LogP contribution is 2.33. The molecule has 0 saturated carbocycles. The maximum absolute atomic E-state index is 13.4. The number of sulfone groups is 1. The van der Waals surface area contributed by atoms with E-state index in [1.807, 2.05) is 43.3 Å². The summed E-state index contributed by atoms with van der Waals surface area (Å²) in [6.07, 6.45) is 2.88. The van der Waals surface area contributed by atoms with Gasteiger partial charge in [0.15, 0.2) is 22.5 Å². The van der Waals surface area contributed by atoms with Gasteiger partial charge < -0.3 is 9.47 Å². The summed E-state index contributed by atoms with van der Waals surface area (Å²) < 4.78 is 40.6. The second kappa shape index (κ2) is 10.1. The number of fused-ring (bicyclic) bond motifs is 1. The van der Waals surface area contributed by atoms with E-state index in [2.05, 4.69) is 16.7 Å². The summed E-state index contributed by atoms with van der Waals surface area (Å²) >= 11 is 0. The Kier molecular flexibility index (Phi) is 6.64. The number of benzene rings is 2. The lowest BCUT2D eigenvalue weighted by atomic mass is 10.1. The zero-order chi connectivity index (χ0) is 27.7. The molecule has 5 aromatic rings. The van der Waals surface area contributed by atoms with E-state index in [0.29, 0.717) is 39.9 Å². The average Bonchev–Trinajstić information content (AvgIpc) is 3.55. The number of rotatable bonds is 8. The SMILES string of the molecule is C=CC(n1ccc(-c2c(C)nc3ccc(-c4ccc(OC)c(OC)c4)nn23)n1)S(=O)(=O)c1cccc(C#N)c1. The van der Waals surface area contributed by atoms with Crippen LogP contribution in [0.2, 0.25) is 0 Å². The van der Waals surface area contributed by atoms with Gasteiger partial charge in [0.25, 0.3) is 0 Å². The summed E-state index contributed by atoms with van der Waals surface area (Å²) in [5.41, 5.74) is 4.14. The summed E-state index contributed by atoms with van der Waals surface area (Å²) in [6, 6.07) is 18.8. The van der Waals surface area contributed by atoms with Crippen molar-refractivity contribution >= 4 is 15.5 Å². The van der Waals surface area contributed by atoms with E-state index in [0.717, 1.165) is 5.56 Å². The van der Waals surface area contributed by atoms with Crippen molar-refractivity contribution in [3.63, 3.8) is 0 Å². The van der Waals surface area contributed by atoms with Crippen molar-refractivity contribution in [3.05, 3.63) is 90.8 Å². The summed E-state index contributed by atoms with van der Waals surface area (Å²) in [7, 11) is -0.780. The van der Waals surface area contributed by atoms with Gasteiger partial charge in [-0.25, -0.2) is 22.6 Å². The molecule has 3 heterocycles. The Morgan fingerprint density at radius 2 is 1.79 bits per heavy atom. The van der Waals surface area contributed by atoms with Gasteiger partial charge in [0.2, 0.25) is 9.84 Å². The van der Waals surface area contributed by atoms with Crippen LogP contribution in [0.15, 0.2) is 84.4 Å². The van der Waals surface area contributed by atoms with Gasteiger partial charge in [-0.1, -0.05) is 18.7 Å². The number of hydrogen-bond donors (Lipinski definition) is 0.